The molecule has 1 fully saturated rings. The number of rotatable bonds is 2. The number of hydrogen-bond donors (Lipinski definition) is 1. The third-order valence-corrected chi connectivity index (χ3v) is 3.36. The average molecular weight is 313 g/mol. The quantitative estimate of drug-likeness (QED) is 0.824. The predicted molar refractivity (Wildman–Crippen MR) is 82.3 cm³/mol. The van der Waals surface area contributed by atoms with Crippen molar-refractivity contribution in [2.24, 2.45) is 0 Å². The summed E-state index contributed by atoms with van der Waals surface area (Å²) < 4.78 is 5.19. The van der Waals surface area contributed by atoms with Crippen molar-refractivity contribution in [2.45, 2.75) is 52.7 Å². The highest BCUT2D eigenvalue weighted by atomic mass is 16.6. The molecule has 3 amide bonds. The molecule has 0 aromatic carbocycles. The van der Waals surface area contributed by atoms with Gasteiger partial charge < -0.3 is 19.9 Å². The van der Waals surface area contributed by atoms with E-state index in [1.807, 2.05) is 0 Å². The average Bonchev–Trinajstić information content (AvgIpc) is 2.34. The van der Waals surface area contributed by atoms with Crippen LogP contribution in [0.3, 0.4) is 0 Å². The molecular weight excluding hydrogens is 286 g/mol. The van der Waals surface area contributed by atoms with Crippen LogP contribution in [0.5, 0.6) is 0 Å². The summed E-state index contributed by atoms with van der Waals surface area (Å²) in [5.41, 5.74) is -1.67. The second kappa shape index (κ2) is 6.54. The zero-order chi connectivity index (χ0) is 17.1. The lowest BCUT2D eigenvalue weighted by atomic mass is 10.0. The SMILES string of the molecule is CC(=O)N1CCN(C(=O)C(C)(C)NC(=O)OC(C)(C)C)CC1. The number of carbonyl (C=O) groups is 3. The largest absolute Gasteiger partial charge is 0.444 e. The Morgan fingerprint density at radius 3 is 1.77 bits per heavy atom. The van der Waals surface area contributed by atoms with Gasteiger partial charge in [0.25, 0.3) is 0 Å². The zero-order valence-corrected chi connectivity index (χ0v) is 14.4. The van der Waals surface area contributed by atoms with E-state index in [1.54, 1.807) is 44.4 Å². The molecular formula is C15H27N3O4. The van der Waals surface area contributed by atoms with E-state index in [0.717, 1.165) is 0 Å². The van der Waals surface area contributed by atoms with Gasteiger partial charge in [0, 0.05) is 33.1 Å². The van der Waals surface area contributed by atoms with Gasteiger partial charge in [0.1, 0.15) is 11.1 Å². The van der Waals surface area contributed by atoms with E-state index in [4.69, 9.17) is 4.74 Å². The predicted octanol–water partition coefficient (Wildman–Crippen LogP) is 0.980. The van der Waals surface area contributed by atoms with Crippen LogP contribution in [0.1, 0.15) is 41.5 Å². The molecule has 0 atom stereocenters. The molecule has 0 aromatic heterocycles. The molecule has 1 N–H and O–H groups in total. The normalized spacial score (nSPS) is 16.3. The van der Waals surface area contributed by atoms with E-state index >= 15 is 0 Å². The van der Waals surface area contributed by atoms with Gasteiger partial charge in [-0.3, -0.25) is 9.59 Å². The van der Waals surface area contributed by atoms with Crippen molar-refractivity contribution >= 4 is 17.9 Å². The molecule has 0 aliphatic carbocycles. The van der Waals surface area contributed by atoms with Crippen LogP contribution in [-0.4, -0.2) is 65.0 Å². The van der Waals surface area contributed by atoms with Gasteiger partial charge in [-0.15, -0.1) is 0 Å². The molecule has 1 saturated heterocycles. The number of alkyl carbamates (subject to hydrolysis) is 1. The number of hydrogen-bond acceptors (Lipinski definition) is 4. The molecule has 0 radical (unpaired) electrons. The Morgan fingerprint density at radius 2 is 1.36 bits per heavy atom. The van der Waals surface area contributed by atoms with Gasteiger partial charge in [0.2, 0.25) is 11.8 Å². The molecule has 1 aliphatic rings. The Hall–Kier alpha value is -1.79. The highest BCUT2D eigenvalue weighted by molar-refractivity contribution is 5.89. The van der Waals surface area contributed by atoms with E-state index in [-0.39, 0.29) is 11.8 Å². The Bertz CT molecular complexity index is 446. The summed E-state index contributed by atoms with van der Waals surface area (Å²) >= 11 is 0. The lowest BCUT2D eigenvalue weighted by molar-refractivity contribution is -0.142. The van der Waals surface area contributed by atoms with Gasteiger partial charge in [-0.2, -0.15) is 0 Å². The summed E-state index contributed by atoms with van der Waals surface area (Å²) in [5.74, 6) is -0.167. The van der Waals surface area contributed by atoms with Crippen molar-refractivity contribution in [1.82, 2.24) is 15.1 Å². The van der Waals surface area contributed by atoms with Crippen LogP contribution in [0.15, 0.2) is 0 Å². The molecule has 1 rings (SSSR count). The first-order chi connectivity index (χ1) is 9.92. The monoisotopic (exact) mass is 313 g/mol. The van der Waals surface area contributed by atoms with Crippen LogP contribution in [0, 0.1) is 0 Å². The molecule has 0 bridgehead atoms. The highest BCUT2D eigenvalue weighted by Gasteiger charge is 2.36. The summed E-state index contributed by atoms with van der Waals surface area (Å²) in [5, 5.41) is 2.61. The van der Waals surface area contributed by atoms with Crippen molar-refractivity contribution in [2.75, 3.05) is 26.2 Å². The van der Waals surface area contributed by atoms with Gasteiger partial charge in [0.05, 0.1) is 0 Å². The molecule has 7 nitrogen and oxygen atoms in total. The minimum Gasteiger partial charge on any atom is -0.444 e. The Balaban J connectivity index is 2.60. The van der Waals surface area contributed by atoms with Crippen molar-refractivity contribution in [3.05, 3.63) is 0 Å². The molecule has 0 unspecified atom stereocenters. The molecule has 0 saturated carbocycles. The molecule has 1 heterocycles. The van der Waals surface area contributed by atoms with Crippen LogP contribution in [0.4, 0.5) is 4.79 Å². The van der Waals surface area contributed by atoms with Gasteiger partial charge in [-0.25, -0.2) is 4.79 Å². The Morgan fingerprint density at radius 1 is 0.909 bits per heavy atom. The standard InChI is InChI=1S/C15H27N3O4/c1-11(19)17-7-9-18(10-8-17)12(20)15(5,6)16-13(21)22-14(2,3)4/h7-10H2,1-6H3,(H,16,21). The lowest BCUT2D eigenvalue weighted by Crippen LogP contribution is -2.60. The topological polar surface area (TPSA) is 79.0 Å². The minimum absolute atomic E-state index is 0.0123. The van der Waals surface area contributed by atoms with E-state index in [9.17, 15) is 14.4 Å². The molecule has 1 aliphatic heterocycles. The molecule has 7 heteroatoms. The third-order valence-electron chi connectivity index (χ3n) is 3.36. The summed E-state index contributed by atoms with van der Waals surface area (Å²) in [7, 11) is 0. The van der Waals surface area contributed by atoms with Crippen molar-refractivity contribution in [1.29, 1.82) is 0 Å². The van der Waals surface area contributed by atoms with Crippen LogP contribution in [-0.2, 0) is 14.3 Å². The first-order valence-electron chi connectivity index (χ1n) is 7.48. The van der Waals surface area contributed by atoms with Gasteiger partial charge in [0.15, 0.2) is 0 Å². The maximum absolute atomic E-state index is 12.5. The number of carbonyl (C=O) groups excluding carboxylic acids is 3. The van der Waals surface area contributed by atoms with Crippen LogP contribution >= 0.6 is 0 Å². The lowest BCUT2D eigenvalue weighted by Gasteiger charge is -2.38. The van der Waals surface area contributed by atoms with Crippen molar-refractivity contribution < 1.29 is 19.1 Å². The summed E-state index contributed by atoms with van der Waals surface area (Å²) in [6, 6.07) is 0. The van der Waals surface area contributed by atoms with Crippen LogP contribution in [0.25, 0.3) is 0 Å². The summed E-state index contributed by atoms with van der Waals surface area (Å²) in [6.07, 6.45) is -0.617. The first kappa shape index (κ1) is 18.3. The maximum atomic E-state index is 12.5. The van der Waals surface area contributed by atoms with E-state index in [2.05, 4.69) is 5.32 Å². The summed E-state index contributed by atoms with van der Waals surface area (Å²) in [6.45, 7) is 12.1. The number of nitrogens with zero attached hydrogens (tertiary/aromatic N) is 2. The Kier molecular flexibility index (Phi) is 5.43. The Labute approximate surface area is 132 Å². The van der Waals surface area contributed by atoms with Crippen molar-refractivity contribution in [3.8, 4) is 0 Å². The number of amides is 3. The number of ether oxygens (including phenoxy) is 1. The van der Waals surface area contributed by atoms with Gasteiger partial charge in [-0.05, 0) is 34.6 Å². The fourth-order valence-electron chi connectivity index (χ4n) is 2.23. The molecule has 126 valence electrons. The smallest absolute Gasteiger partial charge is 0.408 e. The van der Waals surface area contributed by atoms with Gasteiger partial charge >= 0.3 is 6.09 Å². The van der Waals surface area contributed by atoms with Crippen LogP contribution in [0.2, 0.25) is 0 Å². The van der Waals surface area contributed by atoms with Gasteiger partial charge in [-0.1, -0.05) is 0 Å². The number of nitrogens with one attached hydrogen (secondary N) is 1. The summed E-state index contributed by atoms with van der Waals surface area (Å²) in [4.78, 5) is 39.1. The minimum atomic E-state index is -1.05. The third kappa shape index (κ3) is 5.20. The number of piperazine rings is 1. The zero-order valence-electron chi connectivity index (χ0n) is 14.4. The van der Waals surface area contributed by atoms with Crippen LogP contribution < -0.4 is 5.32 Å². The van der Waals surface area contributed by atoms with E-state index in [1.165, 1.54) is 6.92 Å². The second-order valence-corrected chi connectivity index (χ2v) is 7.05. The van der Waals surface area contributed by atoms with E-state index in [0.29, 0.717) is 26.2 Å². The van der Waals surface area contributed by atoms with Crippen molar-refractivity contribution in [3.63, 3.8) is 0 Å². The second-order valence-electron chi connectivity index (χ2n) is 7.05. The van der Waals surface area contributed by atoms with E-state index < -0.39 is 17.2 Å². The first-order valence-corrected chi connectivity index (χ1v) is 7.48. The molecule has 0 aromatic rings. The maximum Gasteiger partial charge on any atom is 0.408 e. The fraction of sp³-hybridized carbons (Fsp3) is 0.800. The fourth-order valence-corrected chi connectivity index (χ4v) is 2.23. The molecule has 22 heavy (non-hydrogen) atoms. The highest BCUT2D eigenvalue weighted by Crippen LogP contribution is 2.13. The molecule has 0 spiro atoms.